The molecule has 3 heteroatoms. The third-order valence-corrected chi connectivity index (χ3v) is 9.32. The maximum Gasteiger partial charge on any atom is 0.164 e. The molecular formula is C47H31N3. The first-order valence-electron chi connectivity index (χ1n) is 16.8. The van der Waals surface area contributed by atoms with E-state index in [1.165, 1.54) is 43.8 Å². The summed E-state index contributed by atoms with van der Waals surface area (Å²) in [6.07, 6.45) is 0. The first-order chi connectivity index (χ1) is 24.7. The maximum absolute atomic E-state index is 5.00. The summed E-state index contributed by atoms with van der Waals surface area (Å²) in [7, 11) is 0. The van der Waals surface area contributed by atoms with Crippen molar-refractivity contribution in [3.05, 3.63) is 188 Å². The van der Waals surface area contributed by atoms with Gasteiger partial charge in [0.05, 0.1) is 0 Å². The zero-order valence-corrected chi connectivity index (χ0v) is 27.2. The van der Waals surface area contributed by atoms with Crippen LogP contribution in [-0.4, -0.2) is 15.0 Å². The van der Waals surface area contributed by atoms with Crippen LogP contribution in [0.5, 0.6) is 0 Å². The lowest BCUT2D eigenvalue weighted by Crippen LogP contribution is -2.00. The molecule has 0 spiro atoms. The number of aromatic nitrogens is 3. The Morgan fingerprint density at radius 1 is 0.200 bits per heavy atom. The Balaban J connectivity index is 1.05. The van der Waals surface area contributed by atoms with Gasteiger partial charge in [0.15, 0.2) is 17.5 Å². The number of hydrogen-bond acceptors (Lipinski definition) is 3. The molecule has 0 saturated heterocycles. The minimum Gasteiger partial charge on any atom is -0.208 e. The van der Waals surface area contributed by atoms with Crippen LogP contribution in [0.1, 0.15) is 0 Å². The van der Waals surface area contributed by atoms with E-state index in [0.717, 1.165) is 27.8 Å². The van der Waals surface area contributed by atoms with Crippen molar-refractivity contribution in [1.29, 1.82) is 0 Å². The van der Waals surface area contributed by atoms with Crippen LogP contribution in [0, 0.1) is 0 Å². The van der Waals surface area contributed by atoms with Gasteiger partial charge < -0.3 is 0 Å². The molecule has 0 aliphatic rings. The molecule has 234 valence electrons. The summed E-state index contributed by atoms with van der Waals surface area (Å²) in [4.78, 5) is 14.9. The van der Waals surface area contributed by atoms with Gasteiger partial charge in [-0.2, -0.15) is 0 Å². The monoisotopic (exact) mass is 637 g/mol. The van der Waals surface area contributed by atoms with E-state index in [1.54, 1.807) is 0 Å². The van der Waals surface area contributed by atoms with Crippen LogP contribution in [0.3, 0.4) is 0 Å². The first kappa shape index (κ1) is 29.4. The van der Waals surface area contributed by atoms with Gasteiger partial charge in [-0.25, -0.2) is 15.0 Å². The largest absolute Gasteiger partial charge is 0.208 e. The highest BCUT2D eigenvalue weighted by molar-refractivity contribution is 5.91. The highest BCUT2D eigenvalue weighted by Gasteiger charge is 2.13. The number of hydrogen-bond donors (Lipinski definition) is 0. The number of nitrogens with zero attached hydrogens (tertiary/aromatic N) is 3. The van der Waals surface area contributed by atoms with E-state index in [9.17, 15) is 0 Å². The van der Waals surface area contributed by atoms with Crippen molar-refractivity contribution in [1.82, 2.24) is 15.0 Å². The van der Waals surface area contributed by atoms with Gasteiger partial charge in [0.1, 0.15) is 0 Å². The van der Waals surface area contributed by atoms with Crippen LogP contribution >= 0.6 is 0 Å². The second-order valence-corrected chi connectivity index (χ2v) is 12.5. The summed E-state index contributed by atoms with van der Waals surface area (Å²) in [5.41, 5.74) is 9.91. The molecule has 50 heavy (non-hydrogen) atoms. The Bertz CT molecular complexity index is 2610. The van der Waals surface area contributed by atoms with Crippen molar-refractivity contribution in [2.45, 2.75) is 0 Å². The van der Waals surface area contributed by atoms with Crippen LogP contribution in [-0.2, 0) is 0 Å². The molecule has 0 fully saturated rings. The molecule has 0 unspecified atom stereocenters. The minimum atomic E-state index is 0.644. The second kappa shape index (κ2) is 12.7. The van der Waals surface area contributed by atoms with Crippen molar-refractivity contribution < 1.29 is 0 Å². The molecule has 0 bridgehead atoms. The first-order valence-corrected chi connectivity index (χ1v) is 16.8. The Hall–Kier alpha value is -6.71. The van der Waals surface area contributed by atoms with Crippen molar-refractivity contribution in [2.75, 3.05) is 0 Å². The smallest absolute Gasteiger partial charge is 0.164 e. The topological polar surface area (TPSA) is 38.7 Å². The highest BCUT2D eigenvalue weighted by Crippen LogP contribution is 2.32. The highest BCUT2D eigenvalue weighted by atomic mass is 15.0. The van der Waals surface area contributed by atoms with E-state index >= 15 is 0 Å². The molecule has 0 saturated carbocycles. The van der Waals surface area contributed by atoms with Crippen LogP contribution in [0.25, 0.3) is 89.1 Å². The fraction of sp³-hybridized carbons (Fsp3) is 0. The summed E-state index contributed by atoms with van der Waals surface area (Å²) in [5.74, 6) is 1.94. The molecule has 9 rings (SSSR count). The number of rotatable bonds is 6. The summed E-state index contributed by atoms with van der Waals surface area (Å²) >= 11 is 0. The van der Waals surface area contributed by atoms with Crippen molar-refractivity contribution in [3.63, 3.8) is 0 Å². The molecule has 0 N–H and O–H groups in total. The minimum absolute atomic E-state index is 0.644. The van der Waals surface area contributed by atoms with Gasteiger partial charge in [0.2, 0.25) is 0 Å². The Kier molecular flexibility index (Phi) is 7.49. The van der Waals surface area contributed by atoms with Gasteiger partial charge in [-0.3, -0.25) is 0 Å². The number of fused-ring (bicyclic) bond motifs is 2. The predicted octanol–water partition coefficient (Wildman–Crippen LogP) is 12.2. The van der Waals surface area contributed by atoms with Gasteiger partial charge >= 0.3 is 0 Å². The van der Waals surface area contributed by atoms with Crippen LogP contribution in [0.2, 0.25) is 0 Å². The van der Waals surface area contributed by atoms with Gasteiger partial charge in [0, 0.05) is 16.7 Å². The SMILES string of the molecule is c1ccc(-c2ccc3ccc(-c4ccc(-c5nc(-c6ccccc6)nc(-c6ccc(-c7ccc8ccccc8c7)cc6)n5)cc4)cc3c2)cc1. The molecular weight excluding hydrogens is 607 g/mol. The molecule has 1 heterocycles. The molecule has 0 amide bonds. The van der Waals surface area contributed by atoms with Crippen molar-refractivity contribution in [3.8, 4) is 67.5 Å². The fourth-order valence-corrected chi connectivity index (χ4v) is 6.58. The number of benzene rings is 8. The van der Waals surface area contributed by atoms with E-state index in [1.807, 2.05) is 30.3 Å². The lowest BCUT2D eigenvalue weighted by molar-refractivity contribution is 1.07. The third kappa shape index (κ3) is 5.82. The molecule has 0 aliphatic carbocycles. The molecule has 8 aromatic carbocycles. The van der Waals surface area contributed by atoms with Crippen molar-refractivity contribution >= 4 is 21.5 Å². The average Bonchev–Trinajstić information content (AvgIpc) is 3.21. The zero-order valence-electron chi connectivity index (χ0n) is 27.2. The zero-order chi connectivity index (χ0) is 33.3. The molecule has 3 nitrogen and oxygen atoms in total. The Labute approximate surface area is 291 Å². The quantitative estimate of drug-likeness (QED) is 0.182. The lowest BCUT2D eigenvalue weighted by atomic mass is 9.97. The Morgan fingerprint density at radius 3 is 0.980 bits per heavy atom. The molecule has 0 aliphatic heterocycles. The lowest BCUT2D eigenvalue weighted by Gasteiger charge is -2.10. The predicted molar refractivity (Wildman–Crippen MR) is 207 cm³/mol. The normalized spacial score (nSPS) is 11.2. The molecule has 0 atom stereocenters. The third-order valence-electron chi connectivity index (χ3n) is 9.32. The summed E-state index contributed by atoms with van der Waals surface area (Å²) < 4.78 is 0. The second-order valence-electron chi connectivity index (χ2n) is 12.5. The van der Waals surface area contributed by atoms with E-state index in [4.69, 9.17) is 15.0 Å². The van der Waals surface area contributed by atoms with Crippen molar-refractivity contribution in [2.24, 2.45) is 0 Å². The standard InChI is InChI=1S/C47H31N3/c1-3-9-32(10-4-1)42-27-20-36-21-28-43(31-44(36)30-42)35-17-24-39(25-18-35)47-49-45(37-12-5-2-6-13-37)48-46(50-47)38-22-15-34(16-23-38)41-26-19-33-11-7-8-14-40(33)29-41/h1-31H. The van der Waals surface area contributed by atoms with E-state index in [0.29, 0.717) is 17.5 Å². The van der Waals surface area contributed by atoms with E-state index in [-0.39, 0.29) is 0 Å². The van der Waals surface area contributed by atoms with E-state index in [2.05, 4.69) is 158 Å². The van der Waals surface area contributed by atoms with Crippen LogP contribution in [0.4, 0.5) is 0 Å². The summed E-state index contributed by atoms with van der Waals surface area (Å²) in [6, 6.07) is 66.0. The maximum atomic E-state index is 5.00. The average molecular weight is 638 g/mol. The van der Waals surface area contributed by atoms with Gasteiger partial charge in [-0.05, 0) is 73.1 Å². The van der Waals surface area contributed by atoms with Gasteiger partial charge in [-0.15, -0.1) is 0 Å². The van der Waals surface area contributed by atoms with E-state index < -0.39 is 0 Å². The fourth-order valence-electron chi connectivity index (χ4n) is 6.58. The molecule has 9 aromatic rings. The van der Waals surface area contributed by atoms with Crippen LogP contribution < -0.4 is 0 Å². The molecule has 0 radical (unpaired) electrons. The summed E-state index contributed by atoms with van der Waals surface area (Å²) in [6.45, 7) is 0. The molecule has 1 aromatic heterocycles. The Morgan fingerprint density at radius 2 is 0.500 bits per heavy atom. The van der Waals surface area contributed by atoms with Gasteiger partial charge in [-0.1, -0.05) is 170 Å². The van der Waals surface area contributed by atoms with Gasteiger partial charge in [0.25, 0.3) is 0 Å². The summed E-state index contributed by atoms with van der Waals surface area (Å²) in [5, 5.41) is 4.91. The van der Waals surface area contributed by atoms with Crippen LogP contribution in [0.15, 0.2) is 188 Å².